The van der Waals surface area contributed by atoms with E-state index >= 15 is 0 Å². The fourth-order valence-corrected chi connectivity index (χ4v) is 4.97. The molecule has 2 aromatic heterocycles. The molecule has 0 spiro atoms. The van der Waals surface area contributed by atoms with Gasteiger partial charge in [-0.25, -0.2) is 9.97 Å². The summed E-state index contributed by atoms with van der Waals surface area (Å²) < 4.78 is 1.66. The van der Waals surface area contributed by atoms with Gasteiger partial charge in [0, 0.05) is 21.8 Å². The number of amides is 1. The van der Waals surface area contributed by atoms with Crippen LogP contribution in [0.15, 0.2) is 35.2 Å². The zero-order valence-electron chi connectivity index (χ0n) is 16.2. The molecule has 1 amide bonds. The molecule has 0 unspecified atom stereocenters. The molecular formula is C20H21N5OS2. The summed E-state index contributed by atoms with van der Waals surface area (Å²) in [4.78, 5) is 22.7. The first-order valence-electron chi connectivity index (χ1n) is 8.94. The zero-order valence-corrected chi connectivity index (χ0v) is 17.8. The van der Waals surface area contributed by atoms with Gasteiger partial charge in [-0.2, -0.15) is 9.78 Å². The first-order valence-corrected chi connectivity index (χ1v) is 11.2. The minimum atomic E-state index is -0.0417. The fraction of sp³-hybridized carbons (Fsp3) is 0.300. The number of thioether (sulfide) groups is 2. The Morgan fingerprint density at radius 2 is 1.82 bits per heavy atom. The summed E-state index contributed by atoms with van der Waals surface area (Å²) in [5.41, 5.74) is 4.76. The summed E-state index contributed by atoms with van der Waals surface area (Å²) in [6.45, 7) is 5.83. The maximum atomic E-state index is 12.4. The molecule has 0 saturated heterocycles. The van der Waals surface area contributed by atoms with Gasteiger partial charge in [0.05, 0.1) is 16.7 Å². The van der Waals surface area contributed by atoms with E-state index in [4.69, 9.17) is 0 Å². The van der Waals surface area contributed by atoms with Crippen molar-refractivity contribution in [1.82, 2.24) is 19.7 Å². The van der Waals surface area contributed by atoms with Gasteiger partial charge >= 0.3 is 0 Å². The van der Waals surface area contributed by atoms with E-state index < -0.39 is 0 Å². The van der Waals surface area contributed by atoms with Crippen molar-refractivity contribution >= 4 is 35.2 Å². The molecule has 1 aliphatic rings. The lowest BCUT2D eigenvalue weighted by molar-refractivity contribution is -0.113. The van der Waals surface area contributed by atoms with Crippen LogP contribution in [0.25, 0.3) is 5.95 Å². The van der Waals surface area contributed by atoms with E-state index in [0.29, 0.717) is 17.5 Å². The quantitative estimate of drug-likeness (QED) is 0.655. The average molecular weight is 412 g/mol. The smallest absolute Gasteiger partial charge is 0.252 e. The minimum absolute atomic E-state index is 0.0181. The Balaban J connectivity index is 1.87. The van der Waals surface area contributed by atoms with Crippen LogP contribution < -0.4 is 5.32 Å². The van der Waals surface area contributed by atoms with Crippen LogP contribution >= 0.6 is 23.5 Å². The Bertz CT molecular complexity index is 1030. The molecular weight excluding hydrogens is 390 g/mol. The Hall–Kier alpha value is -2.32. The summed E-state index contributed by atoms with van der Waals surface area (Å²) >= 11 is 3.33. The Morgan fingerprint density at radius 1 is 1.14 bits per heavy atom. The molecule has 28 heavy (non-hydrogen) atoms. The van der Waals surface area contributed by atoms with Crippen LogP contribution in [0.2, 0.25) is 0 Å². The molecule has 0 bridgehead atoms. The van der Waals surface area contributed by atoms with E-state index in [1.54, 1.807) is 28.2 Å². The molecule has 0 radical (unpaired) electrons. The number of aromatic nitrogens is 4. The number of fused-ring (bicyclic) bond motifs is 1. The second-order valence-electron chi connectivity index (χ2n) is 6.72. The third-order valence-electron chi connectivity index (χ3n) is 4.59. The highest BCUT2D eigenvalue weighted by Crippen LogP contribution is 2.43. The summed E-state index contributed by atoms with van der Waals surface area (Å²) in [6.07, 6.45) is 2.06. The highest BCUT2D eigenvalue weighted by Gasteiger charge is 2.31. The van der Waals surface area contributed by atoms with E-state index in [0.717, 1.165) is 28.2 Å². The molecule has 4 rings (SSSR count). The molecule has 1 aliphatic heterocycles. The van der Waals surface area contributed by atoms with E-state index in [1.807, 2.05) is 26.8 Å². The first kappa shape index (κ1) is 19.0. The number of anilines is 1. The van der Waals surface area contributed by atoms with Crippen LogP contribution in [0, 0.1) is 20.8 Å². The van der Waals surface area contributed by atoms with E-state index in [-0.39, 0.29) is 11.2 Å². The molecule has 3 aromatic rings. The molecule has 8 heteroatoms. The van der Waals surface area contributed by atoms with Crippen LogP contribution in [0.3, 0.4) is 0 Å². The van der Waals surface area contributed by atoms with Gasteiger partial charge < -0.3 is 5.32 Å². The van der Waals surface area contributed by atoms with Crippen LogP contribution in [0.4, 0.5) is 5.82 Å². The van der Waals surface area contributed by atoms with Gasteiger partial charge in [0.15, 0.2) is 0 Å². The first-order chi connectivity index (χ1) is 13.5. The van der Waals surface area contributed by atoms with Gasteiger partial charge in [0.25, 0.3) is 5.95 Å². The highest BCUT2D eigenvalue weighted by molar-refractivity contribution is 8.00. The van der Waals surface area contributed by atoms with Crippen LogP contribution in [-0.2, 0) is 4.79 Å². The highest BCUT2D eigenvalue weighted by atomic mass is 32.2. The molecule has 3 heterocycles. The lowest BCUT2D eigenvalue weighted by Gasteiger charge is -2.15. The van der Waals surface area contributed by atoms with Crippen LogP contribution in [0.5, 0.6) is 0 Å². The van der Waals surface area contributed by atoms with Crippen molar-refractivity contribution in [2.24, 2.45) is 0 Å². The lowest BCUT2D eigenvalue weighted by Crippen LogP contribution is -2.17. The maximum absolute atomic E-state index is 12.4. The molecule has 0 aliphatic carbocycles. The molecule has 144 valence electrons. The molecule has 6 nitrogen and oxygen atoms in total. The normalized spacial score (nSPS) is 16.4. The summed E-state index contributed by atoms with van der Waals surface area (Å²) in [6, 6.07) is 10.4. The third-order valence-corrected chi connectivity index (χ3v) is 6.60. The molecule has 0 saturated carbocycles. The number of hydrogen-bond donors (Lipinski definition) is 1. The average Bonchev–Trinajstić information content (AvgIpc) is 2.87. The summed E-state index contributed by atoms with van der Waals surface area (Å²) in [5.74, 6) is 1.48. The third kappa shape index (κ3) is 3.54. The van der Waals surface area contributed by atoms with Crippen molar-refractivity contribution in [1.29, 1.82) is 0 Å². The monoisotopic (exact) mass is 411 g/mol. The SMILES string of the molecule is CSc1ccc([C@H]2SCC(=O)Nc3c2c(C)nn3-c2nc(C)cc(C)n2)cc1. The summed E-state index contributed by atoms with van der Waals surface area (Å²) in [5, 5.41) is 7.74. The van der Waals surface area contributed by atoms with Gasteiger partial charge in [-0.3, -0.25) is 4.79 Å². The van der Waals surface area contributed by atoms with Crippen LogP contribution in [-0.4, -0.2) is 37.7 Å². The number of carbonyl (C=O) groups is 1. The fourth-order valence-electron chi connectivity index (χ4n) is 3.37. The molecule has 0 fully saturated rings. The van der Waals surface area contributed by atoms with Crippen LogP contribution in [0.1, 0.15) is 33.5 Å². The predicted octanol–water partition coefficient (Wildman–Crippen LogP) is 4.08. The van der Waals surface area contributed by atoms with Gasteiger partial charge in [0.1, 0.15) is 5.82 Å². The van der Waals surface area contributed by atoms with Crippen molar-refractivity contribution in [3.05, 3.63) is 58.5 Å². The van der Waals surface area contributed by atoms with E-state index in [1.165, 1.54) is 4.90 Å². The molecule has 1 atom stereocenters. The van der Waals surface area contributed by atoms with E-state index in [2.05, 4.69) is 50.9 Å². The number of nitrogens with one attached hydrogen (secondary N) is 1. The van der Waals surface area contributed by atoms with Gasteiger partial charge in [-0.05, 0) is 50.8 Å². The predicted molar refractivity (Wildman–Crippen MR) is 115 cm³/mol. The zero-order chi connectivity index (χ0) is 19.8. The second kappa shape index (κ2) is 7.60. The van der Waals surface area contributed by atoms with Gasteiger partial charge in [-0.1, -0.05) is 12.1 Å². The molecule has 1 aromatic carbocycles. The Kier molecular flexibility index (Phi) is 5.16. The Morgan fingerprint density at radius 3 is 2.46 bits per heavy atom. The molecule has 1 N–H and O–H groups in total. The lowest BCUT2D eigenvalue weighted by atomic mass is 10.0. The van der Waals surface area contributed by atoms with Gasteiger partial charge in [-0.15, -0.1) is 23.5 Å². The maximum Gasteiger partial charge on any atom is 0.252 e. The second-order valence-corrected chi connectivity index (χ2v) is 8.70. The van der Waals surface area contributed by atoms with Crippen molar-refractivity contribution in [2.45, 2.75) is 30.9 Å². The number of nitrogens with zero attached hydrogens (tertiary/aromatic N) is 4. The number of aryl methyl sites for hydroxylation is 3. The standard InChI is InChI=1S/C20H21N5OS2/c1-11-9-12(2)22-20(21-11)25-19-17(13(3)24-25)18(28-10-16(26)23-19)14-5-7-15(27-4)8-6-14/h5-9,18H,10H2,1-4H3,(H,23,26)/t18-/m1/s1. The van der Waals surface area contributed by atoms with Crippen molar-refractivity contribution in [3.63, 3.8) is 0 Å². The Labute approximate surface area is 172 Å². The van der Waals surface area contributed by atoms with Gasteiger partial charge in [0.2, 0.25) is 5.91 Å². The van der Waals surface area contributed by atoms with E-state index in [9.17, 15) is 4.79 Å². The number of carbonyl (C=O) groups excluding carboxylic acids is 1. The summed E-state index contributed by atoms with van der Waals surface area (Å²) in [7, 11) is 0. The van der Waals surface area contributed by atoms with Crippen molar-refractivity contribution < 1.29 is 4.79 Å². The number of benzene rings is 1. The van der Waals surface area contributed by atoms with Crippen molar-refractivity contribution in [2.75, 3.05) is 17.3 Å². The van der Waals surface area contributed by atoms with Crippen molar-refractivity contribution in [3.8, 4) is 5.95 Å². The topological polar surface area (TPSA) is 72.7 Å². The number of rotatable bonds is 3. The largest absolute Gasteiger partial charge is 0.309 e. The number of hydrogen-bond acceptors (Lipinski definition) is 6. The minimum Gasteiger partial charge on any atom is -0.309 e.